The van der Waals surface area contributed by atoms with Gasteiger partial charge in [0.05, 0.1) is 21.7 Å². The molecule has 0 saturated heterocycles. The van der Waals surface area contributed by atoms with E-state index in [1.165, 1.54) is 11.1 Å². The third-order valence-electron chi connectivity index (χ3n) is 4.00. The molecule has 4 heteroatoms. The molecule has 0 N–H and O–H groups in total. The first-order valence-corrected chi connectivity index (χ1v) is 8.54. The fourth-order valence-corrected chi connectivity index (χ4v) is 4.13. The van der Waals surface area contributed by atoms with Crippen molar-refractivity contribution in [1.82, 2.24) is 9.78 Å². The average molecular weight is 319 g/mol. The topological polar surface area (TPSA) is 30.2 Å². The van der Waals surface area contributed by atoms with E-state index in [-0.39, 0.29) is 5.25 Å². The molecule has 1 atom stereocenters. The largest absolute Gasteiger partial charge is 0.227 e. The third-order valence-corrected chi connectivity index (χ3v) is 5.17. The van der Waals surface area contributed by atoms with Crippen molar-refractivity contribution in [1.29, 1.82) is 0 Å². The van der Waals surface area contributed by atoms with Gasteiger partial charge in [0.15, 0.2) is 5.82 Å². The van der Waals surface area contributed by atoms with Crippen LogP contribution in [-0.2, 0) is 0 Å². The van der Waals surface area contributed by atoms with Crippen molar-refractivity contribution in [3.8, 4) is 5.69 Å². The Balaban J connectivity index is 1.91. The Morgan fingerprint density at radius 1 is 0.913 bits per heavy atom. The number of hydrogen-bond donors (Lipinski definition) is 0. The van der Waals surface area contributed by atoms with Gasteiger partial charge in [-0.1, -0.05) is 60.3 Å². The standard InChI is InChI=1S/C19H17N3S/c1-13-17-18(15-9-5-3-6-10-15)23-14(2)20-19(17)22(21-13)16-11-7-4-8-12-16/h3-12,18H,1-2H3/t18-/m1/s1. The second kappa shape index (κ2) is 5.70. The summed E-state index contributed by atoms with van der Waals surface area (Å²) in [4.78, 5) is 4.80. The fraction of sp³-hybridized carbons (Fsp3) is 0.158. The summed E-state index contributed by atoms with van der Waals surface area (Å²) in [5.74, 6) is 0.957. The number of hydrogen-bond acceptors (Lipinski definition) is 3. The third kappa shape index (κ3) is 2.49. The molecule has 0 saturated carbocycles. The molecule has 114 valence electrons. The smallest absolute Gasteiger partial charge is 0.161 e. The number of rotatable bonds is 2. The molecule has 23 heavy (non-hydrogen) atoms. The van der Waals surface area contributed by atoms with E-state index < -0.39 is 0 Å². The van der Waals surface area contributed by atoms with Gasteiger partial charge >= 0.3 is 0 Å². The normalized spacial score (nSPS) is 16.8. The van der Waals surface area contributed by atoms with Gasteiger partial charge in [0.25, 0.3) is 0 Å². The average Bonchev–Trinajstić information content (AvgIpc) is 2.92. The molecule has 0 bridgehead atoms. The molecule has 0 spiro atoms. The molecule has 3 nitrogen and oxygen atoms in total. The summed E-state index contributed by atoms with van der Waals surface area (Å²) in [6.45, 7) is 4.14. The highest BCUT2D eigenvalue weighted by molar-refractivity contribution is 8.14. The summed E-state index contributed by atoms with van der Waals surface area (Å²) >= 11 is 1.80. The Kier molecular flexibility index (Phi) is 3.54. The lowest BCUT2D eigenvalue weighted by atomic mass is 10.0. The van der Waals surface area contributed by atoms with Gasteiger partial charge in [-0.25, -0.2) is 9.67 Å². The Hall–Kier alpha value is -2.33. The number of nitrogens with zero attached hydrogens (tertiary/aromatic N) is 3. The van der Waals surface area contributed by atoms with Crippen molar-refractivity contribution in [2.75, 3.05) is 0 Å². The number of aliphatic imine (C=N–C) groups is 1. The van der Waals surface area contributed by atoms with Gasteiger partial charge < -0.3 is 0 Å². The molecule has 4 rings (SSSR count). The van der Waals surface area contributed by atoms with Gasteiger partial charge in [-0.3, -0.25) is 0 Å². The highest BCUT2D eigenvalue weighted by atomic mass is 32.2. The molecule has 1 aromatic heterocycles. The van der Waals surface area contributed by atoms with Crippen LogP contribution in [0.5, 0.6) is 0 Å². The van der Waals surface area contributed by atoms with Crippen LogP contribution in [0.4, 0.5) is 5.82 Å². The Morgan fingerprint density at radius 3 is 2.26 bits per heavy atom. The fourth-order valence-electron chi connectivity index (χ4n) is 2.96. The lowest BCUT2D eigenvalue weighted by molar-refractivity contribution is 0.863. The van der Waals surface area contributed by atoms with E-state index in [4.69, 9.17) is 10.1 Å². The van der Waals surface area contributed by atoms with Crippen LogP contribution in [0, 0.1) is 6.92 Å². The number of para-hydroxylation sites is 1. The summed E-state index contributed by atoms with van der Waals surface area (Å²) in [6.07, 6.45) is 0. The first kappa shape index (κ1) is 14.3. The summed E-state index contributed by atoms with van der Waals surface area (Å²) in [5.41, 5.74) is 4.60. The van der Waals surface area contributed by atoms with Crippen molar-refractivity contribution < 1.29 is 0 Å². The molecule has 1 aliphatic rings. The maximum Gasteiger partial charge on any atom is 0.161 e. The van der Waals surface area contributed by atoms with E-state index in [0.717, 1.165) is 22.2 Å². The molecule has 2 aromatic carbocycles. The van der Waals surface area contributed by atoms with Crippen LogP contribution in [0.25, 0.3) is 5.69 Å². The highest BCUT2D eigenvalue weighted by Gasteiger charge is 2.29. The minimum Gasteiger partial charge on any atom is -0.227 e. The number of thioether (sulfide) groups is 1. The van der Waals surface area contributed by atoms with Gasteiger partial charge in [0.1, 0.15) is 0 Å². The minimum absolute atomic E-state index is 0.251. The predicted molar refractivity (Wildman–Crippen MR) is 96.9 cm³/mol. The SMILES string of the molecule is CC1=Nc2c(c(C)nn2-c2ccccc2)[C@@H](c2ccccc2)S1. The number of fused-ring (bicyclic) bond motifs is 1. The van der Waals surface area contributed by atoms with Crippen LogP contribution in [0.2, 0.25) is 0 Å². The quantitative estimate of drug-likeness (QED) is 0.660. The van der Waals surface area contributed by atoms with Crippen LogP contribution >= 0.6 is 11.8 Å². The van der Waals surface area contributed by atoms with E-state index in [2.05, 4.69) is 56.3 Å². The maximum atomic E-state index is 4.80. The van der Waals surface area contributed by atoms with Gasteiger partial charge in [-0.15, -0.1) is 0 Å². The second-order valence-corrected chi connectivity index (χ2v) is 6.91. The molecule has 0 fully saturated rings. The Bertz CT molecular complexity index is 866. The zero-order chi connectivity index (χ0) is 15.8. The zero-order valence-electron chi connectivity index (χ0n) is 13.1. The molecular weight excluding hydrogens is 302 g/mol. The van der Waals surface area contributed by atoms with E-state index in [0.29, 0.717) is 0 Å². The van der Waals surface area contributed by atoms with Crippen molar-refractivity contribution in [3.63, 3.8) is 0 Å². The van der Waals surface area contributed by atoms with Crippen molar-refractivity contribution in [3.05, 3.63) is 77.5 Å². The zero-order valence-corrected chi connectivity index (χ0v) is 13.9. The van der Waals surface area contributed by atoms with Gasteiger partial charge in [-0.05, 0) is 31.5 Å². The van der Waals surface area contributed by atoms with Crippen molar-refractivity contribution in [2.24, 2.45) is 4.99 Å². The molecule has 3 aromatic rings. The van der Waals surface area contributed by atoms with E-state index in [9.17, 15) is 0 Å². The van der Waals surface area contributed by atoms with E-state index in [1.54, 1.807) is 11.8 Å². The van der Waals surface area contributed by atoms with Gasteiger partial charge in [-0.2, -0.15) is 5.10 Å². The van der Waals surface area contributed by atoms with Crippen molar-refractivity contribution >= 4 is 22.6 Å². The molecule has 0 amide bonds. The Labute approximate surface area is 140 Å². The number of aryl methyl sites for hydroxylation is 1. The summed E-state index contributed by atoms with van der Waals surface area (Å²) in [6, 6.07) is 20.8. The summed E-state index contributed by atoms with van der Waals surface area (Å²) in [7, 11) is 0. The van der Waals surface area contributed by atoms with E-state index in [1.807, 2.05) is 22.9 Å². The van der Waals surface area contributed by atoms with Crippen LogP contribution in [0.3, 0.4) is 0 Å². The lowest BCUT2D eigenvalue weighted by Gasteiger charge is -2.21. The van der Waals surface area contributed by atoms with Gasteiger partial charge in [0.2, 0.25) is 0 Å². The summed E-state index contributed by atoms with van der Waals surface area (Å²) in [5, 5.41) is 6.09. The van der Waals surface area contributed by atoms with Crippen LogP contribution in [0.1, 0.15) is 29.0 Å². The van der Waals surface area contributed by atoms with Crippen LogP contribution in [0.15, 0.2) is 65.7 Å². The number of aromatic nitrogens is 2. The first-order chi connectivity index (χ1) is 11.2. The molecular formula is C19H17N3S. The lowest BCUT2D eigenvalue weighted by Crippen LogP contribution is -2.06. The molecule has 0 radical (unpaired) electrons. The van der Waals surface area contributed by atoms with E-state index >= 15 is 0 Å². The molecule has 0 aliphatic carbocycles. The minimum atomic E-state index is 0.251. The monoisotopic (exact) mass is 319 g/mol. The first-order valence-electron chi connectivity index (χ1n) is 7.66. The predicted octanol–water partition coefficient (Wildman–Crippen LogP) is 5.07. The van der Waals surface area contributed by atoms with Gasteiger partial charge in [0, 0.05) is 5.56 Å². The summed E-state index contributed by atoms with van der Waals surface area (Å²) < 4.78 is 1.96. The van der Waals surface area contributed by atoms with Crippen molar-refractivity contribution in [2.45, 2.75) is 19.1 Å². The maximum absolute atomic E-state index is 4.80. The molecule has 2 heterocycles. The second-order valence-electron chi connectivity index (χ2n) is 5.61. The number of benzene rings is 2. The Morgan fingerprint density at radius 2 is 1.57 bits per heavy atom. The molecule has 0 unspecified atom stereocenters. The highest BCUT2D eigenvalue weighted by Crippen LogP contribution is 2.47. The molecule has 1 aliphatic heterocycles. The van der Waals surface area contributed by atoms with Crippen LogP contribution in [-0.4, -0.2) is 14.8 Å². The van der Waals surface area contributed by atoms with Crippen LogP contribution < -0.4 is 0 Å².